The summed E-state index contributed by atoms with van der Waals surface area (Å²) in [5, 5.41) is 24.9. The Morgan fingerprint density at radius 1 is 1.20 bits per heavy atom. The Balaban J connectivity index is 1.55. The number of amides is 2. The van der Waals surface area contributed by atoms with Crippen LogP contribution in [0.3, 0.4) is 0 Å². The van der Waals surface area contributed by atoms with Crippen LogP contribution in [0, 0.1) is 28.8 Å². The molecule has 2 N–H and O–H groups in total. The molecule has 18 heteroatoms. The number of epoxide rings is 1. The number of benzene rings is 2. The molecule has 3 heterocycles. The van der Waals surface area contributed by atoms with Crippen molar-refractivity contribution in [2.45, 2.75) is 95.2 Å². The van der Waals surface area contributed by atoms with Gasteiger partial charge in [-0.15, -0.1) is 0 Å². The lowest BCUT2D eigenvalue weighted by atomic mass is 9.78. The Labute approximate surface area is 318 Å². The molecule has 2 aromatic rings. The van der Waals surface area contributed by atoms with Crippen LogP contribution in [0.2, 0.25) is 5.02 Å². The van der Waals surface area contributed by atoms with Crippen LogP contribution in [-0.4, -0.2) is 77.8 Å². The van der Waals surface area contributed by atoms with Crippen molar-refractivity contribution in [3.8, 4) is 0 Å². The number of anilines is 2. The third kappa shape index (κ3) is 8.79. The van der Waals surface area contributed by atoms with Gasteiger partial charge in [-0.05, 0) is 44.4 Å². The van der Waals surface area contributed by atoms with Gasteiger partial charge in [0.1, 0.15) is 29.5 Å². The Morgan fingerprint density at radius 3 is 2.53 bits per heavy atom. The van der Waals surface area contributed by atoms with E-state index in [1.165, 1.54) is 26.0 Å². The first-order valence-corrected chi connectivity index (χ1v) is 17.5. The smallest absolute Gasteiger partial charge is 0.418 e. The number of carbonyl (C=O) groups is 3. The van der Waals surface area contributed by atoms with Crippen molar-refractivity contribution in [2.24, 2.45) is 5.92 Å². The Bertz CT molecular complexity index is 1960. The van der Waals surface area contributed by atoms with E-state index < -0.39 is 99.8 Å². The second-order valence-electron chi connectivity index (χ2n) is 14.4. The number of alkyl halides is 3. The van der Waals surface area contributed by atoms with E-state index in [2.05, 4.69) is 0 Å². The van der Waals surface area contributed by atoms with E-state index in [0.29, 0.717) is 17.7 Å². The van der Waals surface area contributed by atoms with Crippen molar-refractivity contribution in [3.05, 3.63) is 85.7 Å². The summed E-state index contributed by atoms with van der Waals surface area (Å²) >= 11 is 6.66. The summed E-state index contributed by atoms with van der Waals surface area (Å²) in [4.78, 5) is 51.4. The van der Waals surface area contributed by atoms with Crippen LogP contribution >= 0.6 is 11.6 Å². The van der Waals surface area contributed by atoms with Gasteiger partial charge in [-0.1, -0.05) is 48.4 Å². The van der Waals surface area contributed by atoms with Gasteiger partial charge in [-0.25, -0.2) is 9.18 Å². The normalized spacial score (nSPS) is 30.4. The second-order valence-corrected chi connectivity index (χ2v) is 14.7. The predicted molar refractivity (Wildman–Crippen MR) is 190 cm³/mol. The van der Waals surface area contributed by atoms with Gasteiger partial charge in [0.05, 0.1) is 51.9 Å². The fraction of sp³-hybridized carbons (Fsp3) is 0.486. The molecular formula is C37H40ClF4N3O10. The van der Waals surface area contributed by atoms with Crippen molar-refractivity contribution in [3.63, 3.8) is 0 Å². The lowest BCUT2D eigenvalue weighted by Gasteiger charge is -2.41. The Kier molecular flexibility index (Phi) is 11.7. The molecule has 2 saturated heterocycles. The second kappa shape index (κ2) is 15.5. The summed E-state index contributed by atoms with van der Waals surface area (Å²) in [5.41, 5.74) is -5.13. The number of halogens is 5. The number of methoxy groups -OCH3 is 1. The number of fused-ring (bicyclic) bond motifs is 5. The van der Waals surface area contributed by atoms with E-state index in [1.807, 2.05) is 19.1 Å². The number of non-ortho nitro benzene ring substituents is 1. The molecule has 4 bridgehead atoms. The first-order chi connectivity index (χ1) is 25.6. The van der Waals surface area contributed by atoms with E-state index in [4.69, 9.17) is 30.5 Å². The van der Waals surface area contributed by atoms with E-state index >= 15 is 0 Å². The molecule has 0 saturated carbocycles. The van der Waals surface area contributed by atoms with Gasteiger partial charge < -0.3 is 29.0 Å². The van der Waals surface area contributed by atoms with E-state index in [1.54, 1.807) is 37.4 Å². The SMILES string of the molecule is CO[C@@H]1/C=C/C=C(\C)Cc2cc(C)c(Cl)c(c2)N(C)C(=O)C[C@H](OC(=O)Nc2c(F)cc([N+](=O)[O-])cc2C(F)(F)F)[C@]2(C)O[C@H]2[C@H](C)[C@@H]2C[C@@]1(O)CC(=O)O2. The van der Waals surface area contributed by atoms with Crippen LogP contribution < -0.4 is 10.2 Å². The molecule has 0 spiro atoms. The van der Waals surface area contributed by atoms with Crippen LogP contribution in [0.15, 0.2) is 48.1 Å². The number of nitrogens with one attached hydrogen (secondary N) is 1. The molecular weight excluding hydrogens is 758 g/mol. The predicted octanol–water partition coefficient (Wildman–Crippen LogP) is 6.99. The summed E-state index contributed by atoms with van der Waals surface area (Å²) in [6, 6.07) is 3.81. The molecule has 0 unspecified atom stereocenters. The monoisotopic (exact) mass is 797 g/mol. The number of allylic oxidation sites excluding steroid dienone is 3. The van der Waals surface area contributed by atoms with Gasteiger partial charge in [0, 0.05) is 32.6 Å². The minimum atomic E-state index is -5.34. The van der Waals surface area contributed by atoms with Crippen LogP contribution in [0.4, 0.5) is 39.4 Å². The molecule has 2 aromatic carbocycles. The fourth-order valence-corrected chi connectivity index (χ4v) is 7.44. The van der Waals surface area contributed by atoms with E-state index in [0.717, 1.165) is 11.1 Å². The highest BCUT2D eigenvalue weighted by atomic mass is 35.5. The van der Waals surface area contributed by atoms with Crippen molar-refractivity contribution >= 4 is 46.6 Å². The van der Waals surface area contributed by atoms with Crippen LogP contribution in [0.25, 0.3) is 0 Å². The van der Waals surface area contributed by atoms with Gasteiger partial charge >= 0.3 is 18.2 Å². The van der Waals surface area contributed by atoms with Crippen LogP contribution in [0.5, 0.6) is 0 Å². The number of hydrogen-bond donors (Lipinski definition) is 2. The number of carbonyl (C=O) groups excluding carboxylic acids is 3. The molecule has 0 aliphatic carbocycles. The number of aliphatic hydroxyl groups is 1. The van der Waals surface area contributed by atoms with E-state index in [-0.39, 0.29) is 30.0 Å². The quantitative estimate of drug-likeness (QED) is 0.108. The number of ether oxygens (including phenoxy) is 4. The summed E-state index contributed by atoms with van der Waals surface area (Å²) in [6.45, 7) is 6.74. The number of nitro groups is 1. The molecule has 2 amide bonds. The van der Waals surface area contributed by atoms with E-state index in [9.17, 15) is 47.2 Å². The molecule has 0 radical (unpaired) electrons. The Morgan fingerprint density at radius 2 is 1.89 bits per heavy atom. The van der Waals surface area contributed by atoms with Gasteiger partial charge in [0.25, 0.3) is 5.69 Å². The molecule has 7 atom stereocenters. The van der Waals surface area contributed by atoms with Crippen LogP contribution in [-0.2, 0) is 41.1 Å². The van der Waals surface area contributed by atoms with Gasteiger partial charge in [-0.3, -0.25) is 25.0 Å². The molecule has 3 aliphatic heterocycles. The van der Waals surface area contributed by atoms with Gasteiger partial charge in [-0.2, -0.15) is 13.2 Å². The first-order valence-electron chi connectivity index (χ1n) is 17.1. The summed E-state index contributed by atoms with van der Waals surface area (Å²) in [6.07, 6.45) is -6.89. The summed E-state index contributed by atoms with van der Waals surface area (Å²) in [7, 11) is 2.82. The maximum Gasteiger partial charge on any atom is 0.418 e. The number of nitro benzene ring substituents is 1. The topological polar surface area (TPSA) is 170 Å². The number of rotatable bonds is 4. The molecule has 13 nitrogen and oxygen atoms in total. The van der Waals surface area contributed by atoms with Crippen molar-refractivity contribution < 1.29 is 60.9 Å². The van der Waals surface area contributed by atoms with Crippen molar-refractivity contribution in [1.29, 1.82) is 0 Å². The highest BCUT2D eigenvalue weighted by Gasteiger charge is 2.64. The largest absolute Gasteiger partial charge is 0.462 e. The third-order valence-corrected chi connectivity index (χ3v) is 10.8. The standard InChI is InChI=1S/C37H40ClF4N3O10/c1-18-8-7-9-27(52-6)36(49)16-26(53-30(47)17-36)20(3)33-35(4,55-33)28(15-29(46)44(5)25-12-21(10-18)11-19(2)31(25)38)54-34(48)43-32-23(37(40,41)42)13-22(45(50)51)14-24(32)39/h7-9,11-14,20,26-28,33,49H,10,15-17H2,1-6H3,(H,43,48)/b9-7+,18-8+/t20-,26+,27-,28+,33+,35+,36-/m1/s1. The molecule has 55 heavy (non-hydrogen) atoms. The molecule has 0 aromatic heterocycles. The number of aryl methyl sites for hydroxylation is 1. The van der Waals surface area contributed by atoms with Crippen molar-refractivity contribution in [1.82, 2.24) is 0 Å². The first kappa shape index (κ1) is 41.6. The molecule has 298 valence electrons. The lowest BCUT2D eigenvalue weighted by molar-refractivity contribution is -0.385. The van der Waals surface area contributed by atoms with Gasteiger partial charge in [0.2, 0.25) is 5.91 Å². The zero-order valence-corrected chi connectivity index (χ0v) is 31.4. The average Bonchev–Trinajstić information content (AvgIpc) is 3.78. The fourth-order valence-electron chi connectivity index (χ4n) is 7.20. The maximum atomic E-state index is 15.0. The van der Waals surface area contributed by atoms with Gasteiger partial charge in [0.15, 0.2) is 5.82 Å². The summed E-state index contributed by atoms with van der Waals surface area (Å²) < 4.78 is 79.6. The minimum absolute atomic E-state index is 0.0619. The number of nitrogens with zero attached hydrogens (tertiary/aromatic N) is 2. The lowest BCUT2D eigenvalue weighted by Crippen LogP contribution is -2.53. The minimum Gasteiger partial charge on any atom is -0.462 e. The number of esters is 1. The summed E-state index contributed by atoms with van der Waals surface area (Å²) in [5.74, 6) is -3.86. The highest BCUT2D eigenvalue weighted by molar-refractivity contribution is 6.34. The Hall–Kier alpha value is -4.58. The molecule has 5 rings (SSSR count). The average molecular weight is 798 g/mol. The zero-order chi connectivity index (χ0) is 40.8. The molecule has 3 aliphatic rings. The highest BCUT2D eigenvalue weighted by Crippen LogP contribution is 2.50. The van der Waals surface area contributed by atoms with Crippen LogP contribution in [0.1, 0.15) is 56.7 Å². The maximum absolute atomic E-state index is 15.0. The number of hydrogen-bond acceptors (Lipinski definition) is 10. The zero-order valence-electron chi connectivity index (χ0n) is 30.7. The molecule has 2 fully saturated rings. The van der Waals surface area contributed by atoms with Crippen molar-refractivity contribution in [2.75, 3.05) is 24.4 Å². The third-order valence-electron chi connectivity index (χ3n) is 10.3.